The van der Waals surface area contributed by atoms with Crippen molar-refractivity contribution in [2.75, 3.05) is 33.3 Å². The average Bonchev–Trinajstić information content (AvgIpc) is 3.17. The number of carbonyl (C=O) groups is 2. The summed E-state index contributed by atoms with van der Waals surface area (Å²) in [4.78, 5) is 32.2. The molecule has 26 heavy (non-hydrogen) atoms. The predicted octanol–water partition coefficient (Wildman–Crippen LogP) is 2.32. The van der Waals surface area contributed by atoms with Crippen molar-refractivity contribution in [3.8, 4) is 0 Å². The Morgan fingerprint density at radius 1 is 1.00 bits per heavy atom. The predicted molar refractivity (Wildman–Crippen MR) is 99.1 cm³/mol. The van der Waals surface area contributed by atoms with Crippen molar-refractivity contribution in [3.63, 3.8) is 0 Å². The van der Waals surface area contributed by atoms with Gasteiger partial charge in [0, 0.05) is 44.5 Å². The van der Waals surface area contributed by atoms with Gasteiger partial charge in [0.05, 0.1) is 6.61 Å². The van der Waals surface area contributed by atoms with Gasteiger partial charge in [-0.1, -0.05) is 25.1 Å². The molecule has 0 aliphatic carbocycles. The molecule has 6 heteroatoms. The number of rotatable bonds is 5. The second-order valence-electron chi connectivity index (χ2n) is 6.43. The standard InChI is InChI=1S/C20H25N3O3/c1-3-16-8-9-18(21-16)20(25)23-12-10-22(11-13-23)19(24)17-7-5-4-6-15(17)14-26-2/h4-9,21H,3,10-14H2,1-2H3. The number of nitrogens with zero attached hydrogens (tertiary/aromatic N) is 2. The van der Waals surface area contributed by atoms with Gasteiger partial charge in [-0.3, -0.25) is 9.59 Å². The number of aromatic amines is 1. The molecule has 2 heterocycles. The van der Waals surface area contributed by atoms with Crippen LogP contribution in [0, 0.1) is 0 Å². The summed E-state index contributed by atoms with van der Waals surface area (Å²) in [6, 6.07) is 11.3. The zero-order valence-corrected chi connectivity index (χ0v) is 15.3. The molecule has 1 aliphatic heterocycles. The highest BCUT2D eigenvalue weighted by molar-refractivity contribution is 5.96. The van der Waals surface area contributed by atoms with Gasteiger partial charge in [-0.2, -0.15) is 0 Å². The molecule has 1 aliphatic rings. The van der Waals surface area contributed by atoms with Crippen molar-refractivity contribution in [2.24, 2.45) is 0 Å². The third-order valence-corrected chi connectivity index (χ3v) is 4.76. The molecule has 3 rings (SSSR count). The Bertz CT molecular complexity index is 776. The average molecular weight is 355 g/mol. The van der Waals surface area contributed by atoms with Gasteiger partial charge in [0.15, 0.2) is 0 Å². The third-order valence-electron chi connectivity index (χ3n) is 4.76. The van der Waals surface area contributed by atoms with Crippen LogP contribution >= 0.6 is 0 Å². The largest absolute Gasteiger partial charge is 0.380 e. The lowest BCUT2D eigenvalue weighted by Crippen LogP contribution is -2.50. The van der Waals surface area contributed by atoms with E-state index in [1.54, 1.807) is 12.0 Å². The van der Waals surface area contributed by atoms with Crippen LogP contribution in [-0.2, 0) is 17.8 Å². The van der Waals surface area contributed by atoms with E-state index >= 15 is 0 Å². The highest BCUT2D eigenvalue weighted by atomic mass is 16.5. The number of H-pyrrole nitrogens is 1. The van der Waals surface area contributed by atoms with E-state index in [1.165, 1.54) is 0 Å². The molecule has 0 radical (unpaired) electrons. The van der Waals surface area contributed by atoms with Crippen molar-refractivity contribution in [3.05, 3.63) is 58.9 Å². The first-order valence-corrected chi connectivity index (χ1v) is 8.97. The van der Waals surface area contributed by atoms with Crippen LogP contribution in [-0.4, -0.2) is 59.9 Å². The van der Waals surface area contributed by atoms with Crippen molar-refractivity contribution in [1.82, 2.24) is 14.8 Å². The molecule has 0 saturated carbocycles. The minimum Gasteiger partial charge on any atom is -0.380 e. The number of benzene rings is 1. The molecule has 2 aromatic rings. The van der Waals surface area contributed by atoms with Gasteiger partial charge >= 0.3 is 0 Å². The van der Waals surface area contributed by atoms with Crippen LogP contribution < -0.4 is 0 Å². The van der Waals surface area contributed by atoms with Crippen LogP contribution in [0.5, 0.6) is 0 Å². The first kappa shape index (κ1) is 18.2. The number of nitrogens with one attached hydrogen (secondary N) is 1. The van der Waals surface area contributed by atoms with Gasteiger partial charge in [-0.05, 0) is 30.2 Å². The number of aromatic nitrogens is 1. The SMILES string of the molecule is CCc1ccc(C(=O)N2CCN(C(=O)c3ccccc3COC)CC2)[nH]1. The van der Waals surface area contributed by atoms with E-state index in [0.717, 1.165) is 17.7 Å². The maximum atomic E-state index is 12.8. The molecule has 0 unspecified atom stereocenters. The monoisotopic (exact) mass is 355 g/mol. The number of methoxy groups -OCH3 is 1. The van der Waals surface area contributed by atoms with Gasteiger partial charge in [0.1, 0.15) is 5.69 Å². The summed E-state index contributed by atoms with van der Waals surface area (Å²) in [6.45, 7) is 4.61. The number of amides is 2. The topological polar surface area (TPSA) is 65.6 Å². The Hall–Kier alpha value is -2.60. The van der Waals surface area contributed by atoms with E-state index in [1.807, 2.05) is 48.2 Å². The fourth-order valence-corrected chi connectivity index (χ4v) is 3.23. The van der Waals surface area contributed by atoms with Crippen LogP contribution in [0.1, 0.15) is 39.0 Å². The Kier molecular flexibility index (Phi) is 5.73. The number of hydrogen-bond acceptors (Lipinski definition) is 3. The second kappa shape index (κ2) is 8.19. The highest BCUT2D eigenvalue weighted by Gasteiger charge is 2.26. The lowest BCUT2D eigenvalue weighted by molar-refractivity contribution is 0.0530. The van der Waals surface area contributed by atoms with Crippen molar-refractivity contribution in [2.45, 2.75) is 20.0 Å². The van der Waals surface area contributed by atoms with Crippen LogP contribution in [0.3, 0.4) is 0 Å². The molecule has 138 valence electrons. The molecule has 0 atom stereocenters. The van der Waals surface area contributed by atoms with Gasteiger partial charge in [0.25, 0.3) is 11.8 Å². The summed E-state index contributed by atoms with van der Waals surface area (Å²) in [5, 5.41) is 0. The van der Waals surface area contributed by atoms with Gasteiger partial charge < -0.3 is 19.5 Å². The number of aryl methyl sites for hydroxylation is 1. The van der Waals surface area contributed by atoms with Crippen LogP contribution in [0.25, 0.3) is 0 Å². The molecule has 1 fully saturated rings. The van der Waals surface area contributed by atoms with Crippen LogP contribution in [0.4, 0.5) is 0 Å². The summed E-state index contributed by atoms with van der Waals surface area (Å²) < 4.78 is 5.19. The fraction of sp³-hybridized carbons (Fsp3) is 0.400. The minimum absolute atomic E-state index is 0.00195. The second-order valence-corrected chi connectivity index (χ2v) is 6.43. The molecule has 6 nitrogen and oxygen atoms in total. The number of piperazine rings is 1. The summed E-state index contributed by atoms with van der Waals surface area (Å²) in [5.41, 5.74) is 3.23. The molecule has 1 aromatic heterocycles. The van der Waals surface area contributed by atoms with Crippen molar-refractivity contribution >= 4 is 11.8 Å². The molecule has 1 N–H and O–H groups in total. The Labute approximate surface area is 153 Å². The maximum Gasteiger partial charge on any atom is 0.270 e. The Balaban J connectivity index is 1.63. The number of ether oxygens (including phenoxy) is 1. The van der Waals surface area contributed by atoms with E-state index in [9.17, 15) is 9.59 Å². The zero-order chi connectivity index (χ0) is 18.5. The van der Waals surface area contributed by atoms with Crippen LogP contribution in [0.2, 0.25) is 0 Å². The van der Waals surface area contributed by atoms with Gasteiger partial charge in [0.2, 0.25) is 0 Å². The summed E-state index contributed by atoms with van der Waals surface area (Å²) in [6.07, 6.45) is 0.871. The van der Waals surface area contributed by atoms with Crippen molar-refractivity contribution in [1.29, 1.82) is 0 Å². The lowest BCUT2D eigenvalue weighted by atomic mass is 10.1. The minimum atomic E-state index is -0.00316. The van der Waals surface area contributed by atoms with E-state index in [-0.39, 0.29) is 11.8 Å². The first-order valence-electron chi connectivity index (χ1n) is 8.97. The van der Waals surface area contributed by atoms with E-state index in [0.29, 0.717) is 44.0 Å². The smallest absolute Gasteiger partial charge is 0.270 e. The lowest BCUT2D eigenvalue weighted by Gasteiger charge is -2.35. The fourth-order valence-electron chi connectivity index (χ4n) is 3.23. The molecular weight excluding hydrogens is 330 g/mol. The van der Waals surface area contributed by atoms with E-state index in [4.69, 9.17) is 4.74 Å². The molecule has 0 bridgehead atoms. The molecular formula is C20H25N3O3. The molecule has 1 saturated heterocycles. The first-order chi connectivity index (χ1) is 12.6. The Morgan fingerprint density at radius 2 is 1.65 bits per heavy atom. The molecule has 1 aromatic carbocycles. The number of carbonyl (C=O) groups excluding carboxylic acids is 2. The van der Waals surface area contributed by atoms with Gasteiger partial charge in [-0.25, -0.2) is 0 Å². The Morgan fingerprint density at radius 3 is 2.27 bits per heavy atom. The van der Waals surface area contributed by atoms with E-state index < -0.39 is 0 Å². The normalized spacial score (nSPS) is 14.5. The number of hydrogen-bond donors (Lipinski definition) is 1. The maximum absolute atomic E-state index is 12.8. The van der Waals surface area contributed by atoms with E-state index in [2.05, 4.69) is 4.98 Å². The quantitative estimate of drug-likeness (QED) is 0.895. The van der Waals surface area contributed by atoms with Gasteiger partial charge in [-0.15, -0.1) is 0 Å². The third kappa shape index (κ3) is 3.80. The summed E-state index contributed by atoms with van der Waals surface area (Å²) in [5.74, 6) is -0.00512. The zero-order valence-electron chi connectivity index (χ0n) is 15.3. The summed E-state index contributed by atoms with van der Waals surface area (Å²) in [7, 11) is 1.62. The molecule has 0 spiro atoms. The highest BCUT2D eigenvalue weighted by Crippen LogP contribution is 2.16. The van der Waals surface area contributed by atoms with Crippen LogP contribution in [0.15, 0.2) is 36.4 Å². The summed E-state index contributed by atoms with van der Waals surface area (Å²) >= 11 is 0. The molecule has 2 amide bonds. The van der Waals surface area contributed by atoms with Crippen molar-refractivity contribution < 1.29 is 14.3 Å².